The van der Waals surface area contributed by atoms with Crippen LogP contribution in [0.5, 0.6) is 0 Å². The second kappa shape index (κ2) is 7.63. The Kier molecular flexibility index (Phi) is 5.35. The fourth-order valence-corrected chi connectivity index (χ4v) is 6.07. The molecule has 154 valence electrons. The van der Waals surface area contributed by atoms with Crippen molar-refractivity contribution in [3.8, 4) is 0 Å². The number of rotatable bonds is 5. The van der Waals surface area contributed by atoms with Gasteiger partial charge in [-0.1, -0.05) is 19.3 Å². The summed E-state index contributed by atoms with van der Waals surface area (Å²) in [4.78, 5) is 26.3. The molecule has 28 heavy (non-hydrogen) atoms. The Balaban J connectivity index is 1.49. The summed E-state index contributed by atoms with van der Waals surface area (Å²) in [5.41, 5.74) is 0.962. The van der Waals surface area contributed by atoms with E-state index in [9.17, 15) is 18.0 Å². The molecule has 1 saturated carbocycles. The van der Waals surface area contributed by atoms with Gasteiger partial charge in [0.2, 0.25) is 5.91 Å². The van der Waals surface area contributed by atoms with E-state index in [-0.39, 0.29) is 24.2 Å². The number of hydrogen-bond acceptors (Lipinski definition) is 6. The lowest BCUT2D eigenvalue weighted by Crippen LogP contribution is -2.48. The number of carbonyl (C=O) groups is 2. The Hall–Kier alpha value is -1.67. The van der Waals surface area contributed by atoms with Crippen molar-refractivity contribution in [1.29, 1.82) is 0 Å². The number of ketones is 1. The van der Waals surface area contributed by atoms with Gasteiger partial charge < -0.3 is 14.1 Å². The van der Waals surface area contributed by atoms with Gasteiger partial charge in [-0.05, 0) is 43.7 Å². The van der Waals surface area contributed by atoms with E-state index in [2.05, 4.69) is 0 Å². The first-order valence-electron chi connectivity index (χ1n) is 10.1. The van der Waals surface area contributed by atoms with Gasteiger partial charge in [-0.15, -0.1) is 0 Å². The van der Waals surface area contributed by atoms with Gasteiger partial charge in [-0.25, -0.2) is 8.42 Å². The lowest BCUT2D eigenvalue weighted by Gasteiger charge is -2.25. The van der Waals surface area contributed by atoms with E-state index in [4.69, 9.17) is 9.15 Å². The molecule has 1 aromatic rings. The molecule has 1 aliphatic carbocycles. The van der Waals surface area contributed by atoms with Crippen molar-refractivity contribution in [2.75, 3.05) is 13.2 Å². The van der Waals surface area contributed by atoms with E-state index in [1.165, 1.54) is 18.2 Å². The van der Waals surface area contributed by atoms with Crippen LogP contribution in [-0.4, -0.2) is 55.6 Å². The summed E-state index contributed by atoms with van der Waals surface area (Å²) in [5, 5.41) is -1.22. The van der Waals surface area contributed by atoms with Crippen LogP contribution in [0.1, 0.15) is 62.7 Å². The molecule has 3 atom stereocenters. The molecule has 1 aromatic heterocycles. The van der Waals surface area contributed by atoms with Gasteiger partial charge in [0, 0.05) is 6.54 Å². The number of ether oxygens (including phenoxy) is 1. The third-order valence-corrected chi connectivity index (χ3v) is 8.38. The van der Waals surface area contributed by atoms with Gasteiger partial charge in [-0.2, -0.15) is 0 Å². The minimum absolute atomic E-state index is 0.00259. The van der Waals surface area contributed by atoms with Crippen molar-refractivity contribution in [1.82, 2.24) is 4.90 Å². The largest absolute Gasteiger partial charge is 0.468 e. The number of carbonyl (C=O) groups excluding carboxylic acids is 2. The summed E-state index contributed by atoms with van der Waals surface area (Å²) in [7, 11) is -3.76. The number of furan rings is 1. The van der Waals surface area contributed by atoms with Gasteiger partial charge in [0.25, 0.3) is 0 Å². The first kappa shape index (κ1) is 19.6. The van der Waals surface area contributed by atoms with Crippen molar-refractivity contribution >= 4 is 21.5 Å². The summed E-state index contributed by atoms with van der Waals surface area (Å²) in [6.07, 6.45) is 7.40. The number of fused-ring (bicyclic) bond motifs is 1. The van der Waals surface area contributed by atoms with Crippen LogP contribution >= 0.6 is 0 Å². The number of nitrogens with zero attached hydrogens (tertiary/aromatic N) is 1. The molecule has 0 aromatic carbocycles. The summed E-state index contributed by atoms with van der Waals surface area (Å²) in [6, 6.07) is 1.24. The number of amides is 1. The zero-order valence-corrected chi connectivity index (χ0v) is 16.9. The Bertz CT molecular complexity index is 854. The minimum atomic E-state index is -3.76. The fraction of sp³-hybridized carbons (Fsp3) is 0.700. The van der Waals surface area contributed by atoms with Crippen molar-refractivity contribution in [3.63, 3.8) is 0 Å². The normalized spacial score (nSPS) is 27.2. The second-order valence-electron chi connectivity index (χ2n) is 8.16. The molecular formula is C20H27NO6S. The Morgan fingerprint density at radius 3 is 2.75 bits per heavy atom. The molecule has 1 amide bonds. The molecule has 3 aliphatic rings. The lowest BCUT2D eigenvalue weighted by molar-refractivity contribution is -0.135. The smallest absolute Gasteiger partial charge is 0.241 e. The maximum absolute atomic E-state index is 13.0. The van der Waals surface area contributed by atoms with E-state index >= 15 is 0 Å². The Labute approximate surface area is 165 Å². The van der Waals surface area contributed by atoms with Gasteiger partial charge in [0.1, 0.15) is 29.4 Å². The van der Waals surface area contributed by atoms with Crippen LogP contribution in [0.15, 0.2) is 16.7 Å². The van der Waals surface area contributed by atoms with Gasteiger partial charge in [0.15, 0.2) is 15.6 Å². The Morgan fingerprint density at radius 2 is 2.00 bits per heavy atom. The van der Waals surface area contributed by atoms with Crippen LogP contribution in [-0.2, 0) is 29.9 Å². The van der Waals surface area contributed by atoms with E-state index in [1.807, 2.05) is 6.07 Å². The molecule has 0 bridgehead atoms. The highest BCUT2D eigenvalue weighted by Gasteiger charge is 2.48. The Morgan fingerprint density at radius 1 is 1.25 bits per heavy atom. The highest BCUT2D eigenvalue weighted by atomic mass is 32.2. The average Bonchev–Trinajstić information content (AvgIpc) is 3.39. The summed E-state index contributed by atoms with van der Waals surface area (Å²) < 4.78 is 36.9. The molecule has 2 aliphatic heterocycles. The van der Waals surface area contributed by atoms with Crippen LogP contribution in [0.3, 0.4) is 0 Å². The molecule has 8 heteroatoms. The molecular weight excluding hydrogens is 382 g/mol. The number of hydrogen-bond donors (Lipinski definition) is 0. The highest BCUT2D eigenvalue weighted by molar-refractivity contribution is 7.92. The second-order valence-corrected chi connectivity index (χ2v) is 10.5. The predicted octanol–water partition coefficient (Wildman–Crippen LogP) is 2.20. The molecule has 0 N–H and O–H groups in total. The summed E-state index contributed by atoms with van der Waals surface area (Å²) >= 11 is 0. The van der Waals surface area contributed by atoms with Gasteiger partial charge in [-0.3, -0.25) is 9.59 Å². The average molecular weight is 410 g/mol. The zero-order valence-electron chi connectivity index (χ0n) is 16.1. The number of Topliss-reactive ketones (excluding diaryl/α,β-unsaturated/α-hetero) is 1. The number of likely N-dealkylation sites (tertiary alicyclic amines) is 1. The third-order valence-electron chi connectivity index (χ3n) is 6.44. The van der Waals surface area contributed by atoms with Crippen LogP contribution in [0.2, 0.25) is 0 Å². The van der Waals surface area contributed by atoms with Crippen LogP contribution in [0.25, 0.3) is 0 Å². The first-order chi connectivity index (χ1) is 13.4. The number of sulfone groups is 1. The lowest BCUT2D eigenvalue weighted by atomic mass is 9.84. The van der Waals surface area contributed by atoms with Gasteiger partial charge >= 0.3 is 0 Å². The standard InChI is InChI=1S/C20H27NO6S/c1-13(20(23)21-9-7-17-19(21)16(22)11-27-17)28(24,25)12-18-15(8-10-26-18)14-5-3-2-4-6-14/h8,10,13-14,17,19H,2-7,9,11-12H2,1H3/t13-,17?,19?/m0/s1. The molecule has 0 radical (unpaired) electrons. The van der Waals surface area contributed by atoms with Crippen molar-refractivity contribution in [2.45, 2.75) is 74.5 Å². The maximum Gasteiger partial charge on any atom is 0.241 e. The molecule has 3 fully saturated rings. The van der Waals surface area contributed by atoms with E-state index < -0.39 is 27.0 Å². The third kappa shape index (κ3) is 3.52. The molecule has 0 spiro atoms. The van der Waals surface area contributed by atoms with E-state index in [0.717, 1.165) is 31.2 Å². The molecule has 2 saturated heterocycles. The van der Waals surface area contributed by atoms with Crippen LogP contribution in [0, 0.1) is 0 Å². The molecule has 4 rings (SSSR count). The van der Waals surface area contributed by atoms with E-state index in [1.54, 1.807) is 6.26 Å². The quantitative estimate of drug-likeness (QED) is 0.740. The SMILES string of the molecule is C[C@@H](C(=O)N1CCC2OCC(=O)C21)S(=O)(=O)Cc1occc1C1CCCCC1. The topological polar surface area (TPSA) is 93.9 Å². The zero-order chi connectivity index (χ0) is 19.9. The maximum atomic E-state index is 13.0. The summed E-state index contributed by atoms with van der Waals surface area (Å²) in [5.74, 6) is -0.170. The first-order valence-corrected chi connectivity index (χ1v) is 11.8. The minimum Gasteiger partial charge on any atom is -0.468 e. The van der Waals surface area contributed by atoms with Crippen molar-refractivity contribution in [3.05, 3.63) is 23.7 Å². The predicted molar refractivity (Wildman–Crippen MR) is 101 cm³/mol. The molecule has 2 unspecified atom stereocenters. The van der Waals surface area contributed by atoms with Crippen molar-refractivity contribution < 1.29 is 27.2 Å². The highest BCUT2D eigenvalue weighted by Crippen LogP contribution is 2.36. The van der Waals surface area contributed by atoms with Crippen LogP contribution in [0.4, 0.5) is 0 Å². The molecule has 3 heterocycles. The van der Waals surface area contributed by atoms with Crippen LogP contribution < -0.4 is 0 Å². The summed E-state index contributed by atoms with van der Waals surface area (Å²) in [6.45, 7) is 1.76. The molecule has 7 nitrogen and oxygen atoms in total. The monoisotopic (exact) mass is 409 g/mol. The van der Waals surface area contributed by atoms with Gasteiger partial charge in [0.05, 0.1) is 12.4 Å². The van der Waals surface area contributed by atoms with Crippen molar-refractivity contribution in [2.24, 2.45) is 0 Å². The fourth-order valence-electron chi connectivity index (χ4n) is 4.78. The van der Waals surface area contributed by atoms with E-state index in [0.29, 0.717) is 24.6 Å².